The predicted molar refractivity (Wildman–Crippen MR) is 96.2 cm³/mol. The highest BCUT2D eigenvalue weighted by molar-refractivity contribution is 5.80. The molecule has 0 bridgehead atoms. The number of likely N-dealkylation sites (tertiary alicyclic amines) is 1. The molecule has 2 saturated carbocycles. The summed E-state index contributed by atoms with van der Waals surface area (Å²) in [7, 11) is 1.85. The van der Waals surface area contributed by atoms with Crippen molar-refractivity contribution in [3.63, 3.8) is 0 Å². The monoisotopic (exact) mass is 349 g/mol. The first kappa shape index (κ1) is 17.1. The summed E-state index contributed by atoms with van der Waals surface area (Å²) in [6.45, 7) is 3.10. The number of fused-ring (bicyclic) bond motifs is 2. The number of guanidine groups is 1. The third-order valence-electron chi connectivity index (χ3n) is 6.86. The van der Waals surface area contributed by atoms with Crippen LogP contribution in [-0.4, -0.2) is 68.2 Å². The van der Waals surface area contributed by atoms with Crippen LogP contribution in [0.5, 0.6) is 0 Å². The Morgan fingerprint density at radius 1 is 1.28 bits per heavy atom. The van der Waals surface area contributed by atoms with Crippen LogP contribution >= 0.6 is 0 Å². The molecule has 1 amide bonds. The van der Waals surface area contributed by atoms with Gasteiger partial charge in [-0.25, -0.2) is 0 Å². The molecular formula is C18H31N5O2. The van der Waals surface area contributed by atoms with Crippen molar-refractivity contribution in [3.8, 4) is 0 Å². The summed E-state index contributed by atoms with van der Waals surface area (Å²) < 4.78 is 6.00. The van der Waals surface area contributed by atoms with E-state index >= 15 is 0 Å². The molecule has 4 N–H and O–H groups in total. The van der Waals surface area contributed by atoms with Crippen molar-refractivity contribution in [2.75, 3.05) is 33.3 Å². The number of ether oxygens (including phenoxy) is 1. The van der Waals surface area contributed by atoms with E-state index in [0.717, 1.165) is 38.5 Å². The van der Waals surface area contributed by atoms with Gasteiger partial charge in [0.1, 0.15) is 0 Å². The van der Waals surface area contributed by atoms with Crippen LogP contribution in [0.2, 0.25) is 0 Å². The normalized spacial score (nSPS) is 34.9. The summed E-state index contributed by atoms with van der Waals surface area (Å²) in [5.41, 5.74) is 5.65. The molecule has 3 atom stereocenters. The fourth-order valence-electron chi connectivity index (χ4n) is 5.42. The van der Waals surface area contributed by atoms with E-state index < -0.39 is 0 Å². The van der Waals surface area contributed by atoms with Gasteiger partial charge in [0.2, 0.25) is 5.91 Å². The summed E-state index contributed by atoms with van der Waals surface area (Å²) in [5.74, 6) is 1.33. The Bertz CT molecular complexity index is 540. The van der Waals surface area contributed by atoms with E-state index in [9.17, 15) is 4.79 Å². The lowest BCUT2D eigenvalue weighted by molar-refractivity contribution is -0.171. The van der Waals surface area contributed by atoms with Crippen LogP contribution in [0.25, 0.3) is 0 Å². The molecule has 4 fully saturated rings. The summed E-state index contributed by atoms with van der Waals surface area (Å²) in [5, 5.41) is 7.33. The summed E-state index contributed by atoms with van der Waals surface area (Å²) in [4.78, 5) is 17.7. The number of nitrogens with two attached hydrogens (primary N) is 1. The SMILES string of the molecule is CN=C(NC1CCN(CC(N)=O)CC1)NC1C2CCOC2C12CCC2. The predicted octanol–water partition coefficient (Wildman–Crippen LogP) is 0.0587. The van der Waals surface area contributed by atoms with Crippen LogP contribution in [0.1, 0.15) is 38.5 Å². The summed E-state index contributed by atoms with van der Waals surface area (Å²) in [6, 6.07) is 0.915. The lowest BCUT2D eigenvalue weighted by Crippen LogP contribution is -2.72. The summed E-state index contributed by atoms with van der Waals surface area (Å²) >= 11 is 0. The fourth-order valence-corrected chi connectivity index (χ4v) is 5.42. The van der Waals surface area contributed by atoms with Crippen molar-refractivity contribution in [1.82, 2.24) is 15.5 Å². The number of amides is 1. The van der Waals surface area contributed by atoms with E-state index in [-0.39, 0.29) is 5.91 Å². The molecule has 25 heavy (non-hydrogen) atoms. The minimum Gasteiger partial charge on any atom is -0.377 e. The molecule has 0 aromatic carbocycles. The highest BCUT2D eigenvalue weighted by Crippen LogP contribution is 2.62. The maximum atomic E-state index is 11.0. The quantitative estimate of drug-likeness (QED) is 0.493. The first-order valence-corrected chi connectivity index (χ1v) is 9.74. The Balaban J connectivity index is 1.30. The zero-order chi connectivity index (χ0) is 17.4. The molecule has 3 unspecified atom stereocenters. The maximum Gasteiger partial charge on any atom is 0.231 e. The second-order valence-corrected chi connectivity index (χ2v) is 8.19. The molecule has 7 heteroatoms. The van der Waals surface area contributed by atoms with Crippen molar-refractivity contribution in [2.45, 2.75) is 56.7 Å². The van der Waals surface area contributed by atoms with Gasteiger partial charge in [-0.05, 0) is 32.1 Å². The number of nitrogens with zero attached hydrogens (tertiary/aromatic N) is 2. The second kappa shape index (κ2) is 6.76. The minimum atomic E-state index is -0.243. The minimum absolute atomic E-state index is 0.243. The van der Waals surface area contributed by atoms with Crippen molar-refractivity contribution in [2.24, 2.45) is 22.1 Å². The molecule has 4 rings (SSSR count). The Labute approximate surface area is 149 Å². The molecule has 2 heterocycles. The molecular weight excluding hydrogens is 318 g/mol. The van der Waals surface area contributed by atoms with Gasteiger partial charge >= 0.3 is 0 Å². The average molecular weight is 349 g/mol. The molecule has 1 spiro atoms. The zero-order valence-electron chi connectivity index (χ0n) is 15.2. The van der Waals surface area contributed by atoms with Gasteiger partial charge in [-0.3, -0.25) is 14.7 Å². The van der Waals surface area contributed by atoms with Gasteiger partial charge in [0, 0.05) is 50.2 Å². The van der Waals surface area contributed by atoms with Gasteiger partial charge in [0.25, 0.3) is 0 Å². The highest BCUT2D eigenvalue weighted by Gasteiger charge is 2.66. The smallest absolute Gasteiger partial charge is 0.231 e. The molecule has 140 valence electrons. The van der Waals surface area contributed by atoms with Gasteiger partial charge in [0.15, 0.2) is 5.96 Å². The van der Waals surface area contributed by atoms with E-state index in [1.807, 2.05) is 7.05 Å². The Kier molecular flexibility index (Phi) is 4.62. The second-order valence-electron chi connectivity index (χ2n) is 8.19. The van der Waals surface area contributed by atoms with Crippen LogP contribution in [-0.2, 0) is 9.53 Å². The Morgan fingerprint density at radius 2 is 2.04 bits per heavy atom. The number of hydrogen-bond acceptors (Lipinski definition) is 4. The first-order valence-electron chi connectivity index (χ1n) is 9.74. The molecule has 0 aromatic rings. The van der Waals surface area contributed by atoms with Crippen LogP contribution in [0.15, 0.2) is 4.99 Å². The number of rotatable bonds is 4. The van der Waals surface area contributed by atoms with Gasteiger partial charge in [-0.15, -0.1) is 0 Å². The largest absolute Gasteiger partial charge is 0.377 e. The van der Waals surface area contributed by atoms with Gasteiger partial charge in [-0.2, -0.15) is 0 Å². The fraction of sp³-hybridized carbons (Fsp3) is 0.889. The number of carbonyl (C=O) groups is 1. The van der Waals surface area contributed by atoms with Crippen LogP contribution in [0.3, 0.4) is 0 Å². The number of piperidine rings is 1. The van der Waals surface area contributed by atoms with Gasteiger partial charge in [0.05, 0.1) is 12.6 Å². The van der Waals surface area contributed by atoms with E-state index in [2.05, 4.69) is 20.5 Å². The first-order chi connectivity index (χ1) is 12.1. The van der Waals surface area contributed by atoms with E-state index in [0.29, 0.717) is 36.1 Å². The van der Waals surface area contributed by atoms with Crippen molar-refractivity contribution < 1.29 is 9.53 Å². The average Bonchev–Trinajstić information content (AvgIpc) is 2.96. The van der Waals surface area contributed by atoms with Gasteiger partial charge < -0.3 is 21.1 Å². The summed E-state index contributed by atoms with van der Waals surface area (Å²) in [6.07, 6.45) is 7.58. The standard InChI is InChI=1S/C18H31N5O2/c1-20-17(21-12-3-8-23(9-4-12)11-14(19)24)22-15-13-5-10-25-16(13)18(15)6-2-7-18/h12-13,15-16H,2-11H2,1H3,(H2,19,24)(H2,20,21,22). The van der Waals surface area contributed by atoms with Crippen molar-refractivity contribution in [3.05, 3.63) is 0 Å². The molecule has 7 nitrogen and oxygen atoms in total. The van der Waals surface area contributed by atoms with E-state index in [1.165, 1.54) is 25.7 Å². The number of nitrogens with one attached hydrogen (secondary N) is 2. The van der Waals surface area contributed by atoms with Gasteiger partial charge in [-0.1, -0.05) is 6.42 Å². The number of aliphatic imine (C=N–C) groups is 1. The maximum absolute atomic E-state index is 11.0. The molecule has 2 aliphatic heterocycles. The molecule has 0 aromatic heterocycles. The van der Waals surface area contributed by atoms with E-state index in [1.54, 1.807) is 0 Å². The van der Waals surface area contributed by atoms with Crippen molar-refractivity contribution >= 4 is 11.9 Å². The molecule has 2 saturated heterocycles. The lowest BCUT2D eigenvalue weighted by atomic mass is 9.46. The molecule has 0 radical (unpaired) electrons. The number of carbonyl (C=O) groups excluding carboxylic acids is 1. The lowest BCUT2D eigenvalue weighted by Gasteiger charge is -2.63. The topological polar surface area (TPSA) is 92.0 Å². The number of primary amides is 1. The number of hydrogen-bond donors (Lipinski definition) is 3. The zero-order valence-corrected chi connectivity index (χ0v) is 15.2. The van der Waals surface area contributed by atoms with Crippen LogP contribution < -0.4 is 16.4 Å². The van der Waals surface area contributed by atoms with Crippen molar-refractivity contribution in [1.29, 1.82) is 0 Å². The van der Waals surface area contributed by atoms with Crippen LogP contribution in [0.4, 0.5) is 0 Å². The Morgan fingerprint density at radius 3 is 2.64 bits per heavy atom. The van der Waals surface area contributed by atoms with E-state index in [4.69, 9.17) is 10.5 Å². The third kappa shape index (κ3) is 3.01. The molecule has 2 aliphatic carbocycles. The van der Waals surface area contributed by atoms with Crippen LogP contribution in [0, 0.1) is 11.3 Å². The highest BCUT2D eigenvalue weighted by atomic mass is 16.5. The third-order valence-corrected chi connectivity index (χ3v) is 6.86. The Hall–Kier alpha value is -1.34. The molecule has 4 aliphatic rings.